The summed E-state index contributed by atoms with van der Waals surface area (Å²) in [4.78, 5) is 0. The summed E-state index contributed by atoms with van der Waals surface area (Å²) in [6, 6.07) is 11.9. The van der Waals surface area contributed by atoms with Crippen molar-refractivity contribution >= 4 is 27.5 Å². The topological polar surface area (TPSA) is 4.93 Å². The number of halogens is 2. The molecular weight excluding hydrogens is 261 g/mol. The predicted octanol–water partition coefficient (Wildman–Crippen LogP) is 4.11. The highest BCUT2D eigenvalue weighted by molar-refractivity contribution is 9.10. The molecule has 0 aliphatic carbocycles. The van der Waals surface area contributed by atoms with Crippen molar-refractivity contribution in [1.82, 2.24) is 4.57 Å². The summed E-state index contributed by atoms with van der Waals surface area (Å²) in [5.74, 6) is 0. The van der Waals surface area contributed by atoms with Crippen molar-refractivity contribution in [3.8, 4) is 11.3 Å². The third-order valence-corrected chi connectivity index (χ3v) is 3.25. The van der Waals surface area contributed by atoms with Gasteiger partial charge in [0.15, 0.2) is 0 Å². The Morgan fingerprint density at radius 2 is 1.71 bits per heavy atom. The fourth-order valence-corrected chi connectivity index (χ4v) is 1.85. The minimum Gasteiger partial charge on any atom is -0.338 e. The highest BCUT2D eigenvalue weighted by Crippen LogP contribution is 2.25. The van der Waals surface area contributed by atoms with Crippen molar-refractivity contribution < 1.29 is 0 Å². The molecule has 0 atom stereocenters. The minimum atomic E-state index is 0.766. The number of nitrogens with zero attached hydrogens (tertiary/aromatic N) is 1. The average Bonchev–Trinajstić information content (AvgIpc) is 2.50. The van der Waals surface area contributed by atoms with Gasteiger partial charge in [-0.1, -0.05) is 23.7 Å². The molecule has 14 heavy (non-hydrogen) atoms. The van der Waals surface area contributed by atoms with Crippen LogP contribution in [0.3, 0.4) is 0 Å². The van der Waals surface area contributed by atoms with Crippen molar-refractivity contribution in [2.24, 2.45) is 7.05 Å². The summed E-state index contributed by atoms with van der Waals surface area (Å²) in [7, 11) is 2.02. The molecule has 1 aromatic heterocycles. The molecule has 1 aromatic carbocycles. The molecule has 2 aromatic rings. The molecule has 1 nitrogen and oxygen atoms in total. The van der Waals surface area contributed by atoms with Crippen LogP contribution in [0.1, 0.15) is 0 Å². The SMILES string of the molecule is Cn1c(Br)ccc1-c1ccc(Cl)cc1. The second kappa shape index (κ2) is 3.79. The molecule has 0 unspecified atom stereocenters. The first kappa shape index (κ1) is 9.81. The Morgan fingerprint density at radius 3 is 2.21 bits per heavy atom. The Balaban J connectivity index is 2.49. The lowest BCUT2D eigenvalue weighted by Crippen LogP contribution is -1.90. The Labute approximate surface area is 96.4 Å². The molecule has 0 fully saturated rings. The van der Waals surface area contributed by atoms with E-state index in [1.807, 2.05) is 37.4 Å². The lowest BCUT2D eigenvalue weighted by molar-refractivity contribution is 0.911. The summed E-state index contributed by atoms with van der Waals surface area (Å²) in [6.45, 7) is 0. The van der Waals surface area contributed by atoms with Gasteiger partial charge >= 0.3 is 0 Å². The van der Waals surface area contributed by atoms with E-state index in [2.05, 4.69) is 26.6 Å². The molecule has 0 aliphatic rings. The summed E-state index contributed by atoms with van der Waals surface area (Å²) in [6.07, 6.45) is 0. The van der Waals surface area contributed by atoms with E-state index in [0.29, 0.717) is 0 Å². The van der Waals surface area contributed by atoms with E-state index in [4.69, 9.17) is 11.6 Å². The van der Waals surface area contributed by atoms with Crippen LogP contribution in [-0.4, -0.2) is 4.57 Å². The van der Waals surface area contributed by atoms with Gasteiger partial charge in [0.25, 0.3) is 0 Å². The van der Waals surface area contributed by atoms with Gasteiger partial charge in [-0.15, -0.1) is 0 Å². The molecular formula is C11H9BrClN. The molecule has 0 spiro atoms. The first-order valence-electron chi connectivity index (χ1n) is 4.25. The van der Waals surface area contributed by atoms with Gasteiger partial charge in [-0.05, 0) is 45.8 Å². The average molecular weight is 271 g/mol. The molecule has 0 saturated heterocycles. The Kier molecular flexibility index (Phi) is 2.66. The van der Waals surface area contributed by atoms with E-state index in [1.54, 1.807) is 0 Å². The first-order valence-corrected chi connectivity index (χ1v) is 5.43. The van der Waals surface area contributed by atoms with E-state index in [-0.39, 0.29) is 0 Å². The molecule has 2 rings (SSSR count). The van der Waals surface area contributed by atoms with E-state index in [0.717, 1.165) is 9.63 Å². The second-order valence-electron chi connectivity index (χ2n) is 3.11. The Morgan fingerprint density at radius 1 is 1.07 bits per heavy atom. The molecule has 3 heteroatoms. The van der Waals surface area contributed by atoms with Crippen molar-refractivity contribution in [2.75, 3.05) is 0 Å². The van der Waals surface area contributed by atoms with Gasteiger partial charge in [-0.25, -0.2) is 0 Å². The number of hydrogen-bond acceptors (Lipinski definition) is 0. The van der Waals surface area contributed by atoms with Crippen LogP contribution >= 0.6 is 27.5 Å². The van der Waals surface area contributed by atoms with Crippen LogP contribution in [0.25, 0.3) is 11.3 Å². The highest BCUT2D eigenvalue weighted by atomic mass is 79.9. The van der Waals surface area contributed by atoms with Crippen LogP contribution in [-0.2, 0) is 7.05 Å². The van der Waals surface area contributed by atoms with Crippen molar-refractivity contribution in [3.63, 3.8) is 0 Å². The van der Waals surface area contributed by atoms with Crippen LogP contribution in [0.15, 0.2) is 41.0 Å². The van der Waals surface area contributed by atoms with Gasteiger partial charge in [-0.3, -0.25) is 0 Å². The van der Waals surface area contributed by atoms with Crippen LogP contribution < -0.4 is 0 Å². The fraction of sp³-hybridized carbons (Fsp3) is 0.0909. The van der Waals surface area contributed by atoms with E-state index in [9.17, 15) is 0 Å². The molecule has 0 saturated carbocycles. The maximum absolute atomic E-state index is 5.83. The zero-order valence-electron chi connectivity index (χ0n) is 7.67. The van der Waals surface area contributed by atoms with Crippen molar-refractivity contribution in [1.29, 1.82) is 0 Å². The predicted molar refractivity (Wildman–Crippen MR) is 63.6 cm³/mol. The normalized spacial score (nSPS) is 10.5. The molecule has 0 radical (unpaired) electrons. The summed E-state index contributed by atoms with van der Waals surface area (Å²) < 4.78 is 3.16. The van der Waals surface area contributed by atoms with Crippen LogP contribution in [0, 0.1) is 0 Å². The number of rotatable bonds is 1. The summed E-state index contributed by atoms with van der Waals surface area (Å²) >= 11 is 9.29. The van der Waals surface area contributed by atoms with Crippen molar-refractivity contribution in [3.05, 3.63) is 46.0 Å². The van der Waals surface area contributed by atoms with Gasteiger partial charge < -0.3 is 4.57 Å². The number of aromatic nitrogens is 1. The Hall–Kier alpha value is -0.730. The Bertz CT molecular complexity index is 445. The molecule has 72 valence electrons. The number of benzene rings is 1. The monoisotopic (exact) mass is 269 g/mol. The van der Waals surface area contributed by atoms with Gasteiger partial charge in [0, 0.05) is 17.8 Å². The lowest BCUT2D eigenvalue weighted by atomic mass is 10.1. The molecule has 0 amide bonds. The summed E-state index contributed by atoms with van der Waals surface area (Å²) in [5, 5.41) is 0.766. The maximum Gasteiger partial charge on any atom is 0.0848 e. The zero-order chi connectivity index (χ0) is 10.1. The van der Waals surface area contributed by atoms with Crippen LogP contribution in [0.4, 0.5) is 0 Å². The van der Waals surface area contributed by atoms with Crippen LogP contribution in [0.5, 0.6) is 0 Å². The third-order valence-electron chi connectivity index (χ3n) is 2.20. The number of hydrogen-bond donors (Lipinski definition) is 0. The van der Waals surface area contributed by atoms with Crippen molar-refractivity contribution in [2.45, 2.75) is 0 Å². The van der Waals surface area contributed by atoms with E-state index >= 15 is 0 Å². The van der Waals surface area contributed by atoms with Gasteiger partial charge in [-0.2, -0.15) is 0 Å². The largest absolute Gasteiger partial charge is 0.338 e. The molecule has 0 bridgehead atoms. The summed E-state index contributed by atoms with van der Waals surface area (Å²) in [5.41, 5.74) is 2.34. The lowest BCUT2D eigenvalue weighted by Gasteiger charge is -2.04. The quantitative estimate of drug-likeness (QED) is 0.735. The van der Waals surface area contributed by atoms with E-state index < -0.39 is 0 Å². The first-order chi connectivity index (χ1) is 6.68. The standard InChI is InChI=1S/C11H9BrClN/c1-14-10(6-7-11(14)12)8-2-4-9(13)5-3-8/h2-7H,1H3. The zero-order valence-corrected chi connectivity index (χ0v) is 10.0. The maximum atomic E-state index is 5.83. The smallest absolute Gasteiger partial charge is 0.0848 e. The van der Waals surface area contributed by atoms with Gasteiger partial charge in [0.1, 0.15) is 0 Å². The molecule has 0 N–H and O–H groups in total. The molecule has 1 heterocycles. The third kappa shape index (κ3) is 1.72. The van der Waals surface area contributed by atoms with Crippen LogP contribution in [0.2, 0.25) is 5.02 Å². The van der Waals surface area contributed by atoms with Gasteiger partial charge in [0.2, 0.25) is 0 Å². The highest BCUT2D eigenvalue weighted by Gasteiger charge is 2.03. The van der Waals surface area contributed by atoms with Gasteiger partial charge in [0.05, 0.1) is 4.60 Å². The van der Waals surface area contributed by atoms with E-state index in [1.165, 1.54) is 11.3 Å². The molecule has 0 aliphatic heterocycles. The second-order valence-corrected chi connectivity index (χ2v) is 4.36. The fourth-order valence-electron chi connectivity index (χ4n) is 1.40. The minimum absolute atomic E-state index is 0.766.